The second-order valence-corrected chi connectivity index (χ2v) is 4.90. The minimum atomic E-state index is -0.808. The summed E-state index contributed by atoms with van der Waals surface area (Å²) in [6, 6.07) is -0.602. The second kappa shape index (κ2) is 5.97. The van der Waals surface area contributed by atoms with Crippen LogP contribution in [0.3, 0.4) is 0 Å². The molecule has 1 aliphatic heterocycles. The first-order valence-corrected chi connectivity index (χ1v) is 6.17. The number of primary amides is 1. The Labute approximate surface area is 93.3 Å². The van der Waals surface area contributed by atoms with Crippen molar-refractivity contribution in [1.29, 1.82) is 0 Å². The summed E-state index contributed by atoms with van der Waals surface area (Å²) >= 11 is 1.89. The normalized spacial score (nSPS) is 19.5. The Bertz CT molecular complexity index is 242. The van der Waals surface area contributed by atoms with Gasteiger partial charge in [0.25, 0.3) is 0 Å². The number of amides is 2. The van der Waals surface area contributed by atoms with E-state index in [-0.39, 0.29) is 18.4 Å². The van der Waals surface area contributed by atoms with Crippen molar-refractivity contribution in [3.63, 3.8) is 0 Å². The Morgan fingerprint density at radius 3 is 2.53 bits per heavy atom. The summed E-state index contributed by atoms with van der Waals surface area (Å²) in [6.45, 7) is 0. The summed E-state index contributed by atoms with van der Waals surface area (Å²) in [5.74, 6) is 1.31. The van der Waals surface area contributed by atoms with Gasteiger partial charge in [0.05, 0.1) is 12.5 Å². The molecule has 2 amide bonds. The molecule has 1 heterocycles. The molecule has 0 aromatic carbocycles. The van der Waals surface area contributed by atoms with Gasteiger partial charge in [-0.05, 0) is 24.3 Å². The molecule has 15 heavy (non-hydrogen) atoms. The van der Waals surface area contributed by atoms with Gasteiger partial charge in [-0.2, -0.15) is 11.8 Å². The number of nitrogens with two attached hydrogens (primary N) is 2. The minimum absolute atomic E-state index is 0.0900. The van der Waals surface area contributed by atoms with E-state index < -0.39 is 11.9 Å². The fourth-order valence-corrected chi connectivity index (χ4v) is 2.57. The largest absolute Gasteiger partial charge is 0.370 e. The summed E-state index contributed by atoms with van der Waals surface area (Å²) in [4.78, 5) is 22.1. The highest BCUT2D eigenvalue weighted by Gasteiger charge is 2.20. The molecule has 1 fully saturated rings. The van der Waals surface area contributed by atoms with Crippen LogP contribution in [0.4, 0.5) is 0 Å². The van der Waals surface area contributed by atoms with E-state index in [2.05, 4.69) is 5.32 Å². The number of nitrogens with one attached hydrogen (secondary N) is 1. The average Bonchev–Trinajstić information content (AvgIpc) is 2.18. The van der Waals surface area contributed by atoms with Crippen molar-refractivity contribution in [3.8, 4) is 0 Å². The number of rotatable bonds is 4. The summed E-state index contributed by atoms with van der Waals surface area (Å²) < 4.78 is 0. The predicted molar refractivity (Wildman–Crippen MR) is 60.3 cm³/mol. The van der Waals surface area contributed by atoms with Gasteiger partial charge in [0.15, 0.2) is 0 Å². The summed E-state index contributed by atoms with van der Waals surface area (Å²) in [7, 11) is 0. The SMILES string of the molecule is NC(=O)CC(N)C(=O)NC1CCSCC1. The van der Waals surface area contributed by atoms with Crippen molar-refractivity contribution >= 4 is 23.6 Å². The van der Waals surface area contributed by atoms with Crippen LogP contribution in [0, 0.1) is 0 Å². The lowest BCUT2D eigenvalue weighted by Gasteiger charge is -2.23. The molecule has 1 unspecified atom stereocenters. The molecular formula is C9H17N3O2S. The maximum absolute atomic E-state index is 11.5. The number of thioether (sulfide) groups is 1. The molecule has 0 aromatic rings. The van der Waals surface area contributed by atoms with Crippen LogP contribution in [0.15, 0.2) is 0 Å². The van der Waals surface area contributed by atoms with Crippen molar-refractivity contribution in [2.75, 3.05) is 11.5 Å². The summed E-state index contributed by atoms with van der Waals surface area (Å²) in [5.41, 5.74) is 10.5. The van der Waals surface area contributed by atoms with Gasteiger partial charge in [0, 0.05) is 6.04 Å². The standard InChI is InChI=1S/C9H17N3O2S/c10-7(5-8(11)13)9(14)12-6-1-3-15-4-2-6/h6-7H,1-5,10H2,(H2,11,13)(H,12,14). The van der Waals surface area contributed by atoms with Gasteiger partial charge in [0.2, 0.25) is 11.8 Å². The quantitative estimate of drug-likeness (QED) is 0.590. The van der Waals surface area contributed by atoms with Crippen LogP contribution in [-0.4, -0.2) is 35.4 Å². The van der Waals surface area contributed by atoms with Crippen LogP contribution < -0.4 is 16.8 Å². The molecule has 5 nitrogen and oxygen atoms in total. The second-order valence-electron chi connectivity index (χ2n) is 3.67. The number of hydrogen-bond acceptors (Lipinski definition) is 4. The number of carbonyl (C=O) groups excluding carboxylic acids is 2. The molecule has 1 atom stereocenters. The smallest absolute Gasteiger partial charge is 0.237 e. The van der Waals surface area contributed by atoms with E-state index >= 15 is 0 Å². The Morgan fingerprint density at radius 1 is 1.40 bits per heavy atom. The molecule has 0 aliphatic carbocycles. The molecule has 6 heteroatoms. The first kappa shape index (κ1) is 12.3. The van der Waals surface area contributed by atoms with Gasteiger partial charge < -0.3 is 16.8 Å². The lowest BCUT2D eigenvalue weighted by atomic mass is 10.1. The maximum atomic E-state index is 11.5. The van der Waals surface area contributed by atoms with Gasteiger partial charge >= 0.3 is 0 Å². The van der Waals surface area contributed by atoms with E-state index in [1.807, 2.05) is 11.8 Å². The molecule has 1 rings (SSSR count). The van der Waals surface area contributed by atoms with Gasteiger partial charge in [0.1, 0.15) is 0 Å². The molecule has 0 aromatic heterocycles. The number of carbonyl (C=O) groups is 2. The highest BCUT2D eigenvalue weighted by Crippen LogP contribution is 2.16. The van der Waals surface area contributed by atoms with E-state index in [4.69, 9.17) is 11.5 Å². The first-order chi connectivity index (χ1) is 7.09. The topological polar surface area (TPSA) is 98.2 Å². The summed E-state index contributed by atoms with van der Waals surface area (Å²) in [6.07, 6.45) is 1.85. The van der Waals surface area contributed by atoms with Crippen LogP contribution in [0.2, 0.25) is 0 Å². The Kier molecular flexibility index (Phi) is 4.90. The third-order valence-electron chi connectivity index (χ3n) is 2.33. The van der Waals surface area contributed by atoms with Crippen LogP contribution >= 0.6 is 11.8 Å². The minimum Gasteiger partial charge on any atom is -0.370 e. The summed E-state index contributed by atoms with van der Waals surface area (Å²) in [5, 5.41) is 2.84. The Balaban J connectivity index is 2.30. The van der Waals surface area contributed by atoms with Crippen LogP contribution in [0.1, 0.15) is 19.3 Å². The Hall–Kier alpha value is -0.750. The van der Waals surface area contributed by atoms with Crippen LogP contribution in [-0.2, 0) is 9.59 Å². The van der Waals surface area contributed by atoms with E-state index in [0.717, 1.165) is 24.3 Å². The fourth-order valence-electron chi connectivity index (χ4n) is 1.46. The Morgan fingerprint density at radius 2 is 2.00 bits per heavy atom. The average molecular weight is 231 g/mol. The van der Waals surface area contributed by atoms with E-state index in [1.54, 1.807) is 0 Å². The molecule has 1 aliphatic rings. The molecule has 0 spiro atoms. The molecule has 0 bridgehead atoms. The van der Waals surface area contributed by atoms with Gasteiger partial charge in [-0.15, -0.1) is 0 Å². The zero-order valence-electron chi connectivity index (χ0n) is 8.57. The molecule has 0 radical (unpaired) electrons. The van der Waals surface area contributed by atoms with Crippen molar-refractivity contribution in [2.45, 2.75) is 31.3 Å². The highest BCUT2D eigenvalue weighted by atomic mass is 32.2. The molecule has 1 saturated heterocycles. The molecule has 86 valence electrons. The highest BCUT2D eigenvalue weighted by molar-refractivity contribution is 7.99. The third kappa shape index (κ3) is 4.53. The number of hydrogen-bond donors (Lipinski definition) is 3. The van der Waals surface area contributed by atoms with Gasteiger partial charge in [-0.25, -0.2) is 0 Å². The monoisotopic (exact) mass is 231 g/mol. The zero-order valence-corrected chi connectivity index (χ0v) is 9.39. The van der Waals surface area contributed by atoms with Gasteiger partial charge in [-0.3, -0.25) is 9.59 Å². The lowest BCUT2D eigenvalue weighted by molar-refractivity contribution is -0.126. The molecule has 5 N–H and O–H groups in total. The van der Waals surface area contributed by atoms with E-state index in [0.29, 0.717) is 0 Å². The van der Waals surface area contributed by atoms with Crippen LogP contribution in [0.5, 0.6) is 0 Å². The molecular weight excluding hydrogens is 214 g/mol. The van der Waals surface area contributed by atoms with Gasteiger partial charge in [-0.1, -0.05) is 0 Å². The predicted octanol–water partition coefficient (Wildman–Crippen LogP) is -0.799. The van der Waals surface area contributed by atoms with E-state index in [9.17, 15) is 9.59 Å². The van der Waals surface area contributed by atoms with Crippen LogP contribution in [0.25, 0.3) is 0 Å². The fraction of sp³-hybridized carbons (Fsp3) is 0.778. The third-order valence-corrected chi connectivity index (χ3v) is 3.37. The zero-order chi connectivity index (χ0) is 11.3. The van der Waals surface area contributed by atoms with E-state index in [1.165, 1.54) is 0 Å². The van der Waals surface area contributed by atoms with Crippen molar-refractivity contribution in [2.24, 2.45) is 11.5 Å². The van der Waals surface area contributed by atoms with Crippen molar-refractivity contribution in [1.82, 2.24) is 5.32 Å². The van der Waals surface area contributed by atoms with Crippen molar-refractivity contribution < 1.29 is 9.59 Å². The molecule has 0 saturated carbocycles. The maximum Gasteiger partial charge on any atom is 0.237 e. The van der Waals surface area contributed by atoms with Crippen molar-refractivity contribution in [3.05, 3.63) is 0 Å². The first-order valence-electron chi connectivity index (χ1n) is 5.01. The lowest BCUT2D eigenvalue weighted by Crippen LogP contribution is -2.47.